The van der Waals surface area contributed by atoms with E-state index in [0.29, 0.717) is 18.8 Å². The molecule has 0 saturated heterocycles. The minimum absolute atomic E-state index is 0.213. The summed E-state index contributed by atoms with van der Waals surface area (Å²) < 4.78 is 14.3. The van der Waals surface area contributed by atoms with Gasteiger partial charge in [0.15, 0.2) is 0 Å². The largest absolute Gasteiger partial charge is 0.363 e. The number of pyridine rings is 1. The quantitative estimate of drug-likeness (QED) is 0.914. The number of hydrogen-bond donors (Lipinski definition) is 1. The van der Waals surface area contributed by atoms with E-state index < -0.39 is 0 Å². The molecule has 3 nitrogen and oxygen atoms in total. The molecular weight excluding hydrogens is 265 g/mol. The molecule has 0 amide bonds. The molecule has 2 aromatic rings. The van der Waals surface area contributed by atoms with Gasteiger partial charge in [0, 0.05) is 18.3 Å². The highest BCUT2D eigenvalue weighted by atomic mass is 19.1. The molecule has 0 aliphatic heterocycles. The van der Waals surface area contributed by atoms with Gasteiger partial charge >= 0.3 is 0 Å². The molecule has 1 heterocycles. The number of para-hydroxylation sites is 1. The Bertz CT molecular complexity index is 611. The molecule has 2 rings (SSSR count). The van der Waals surface area contributed by atoms with Gasteiger partial charge in [-0.25, -0.2) is 4.39 Å². The highest BCUT2D eigenvalue weighted by Gasteiger charge is 2.17. The van der Waals surface area contributed by atoms with Crippen LogP contribution in [0.5, 0.6) is 0 Å². The van der Waals surface area contributed by atoms with Crippen molar-refractivity contribution in [3.05, 3.63) is 59.2 Å². The number of anilines is 1. The molecule has 0 spiro atoms. The minimum Gasteiger partial charge on any atom is -0.363 e. The summed E-state index contributed by atoms with van der Waals surface area (Å²) in [5.74, 6) is -0.237. The molecule has 2 N–H and O–H groups in total. The van der Waals surface area contributed by atoms with E-state index in [1.165, 1.54) is 6.07 Å². The molecule has 0 saturated carbocycles. The average molecular weight is 287 g/mol. The zero-order valence-corrected chi connectivity index (χ0v) is 12.8. The first-order valence-corrected chi connectivity index (χ1v) is 7.24. The van der Waals surface area contributed by atoms with Crippen LogP contribution in [0.1, 0.15) is 36.8 Å². The first-order valence-electron chi connectivity index (χ1n) is 7.24. The Morgan fingerprint density at radius 1 is 1.24 bits per heavy atom. The van der Waals surface area contributed by atoms with Gasteiger partial charge in [-0.05, 0) is 44.5 Å². The maximum absolute atomic E-state index is 14.3. The molecule has 0 unspecified atom stereocenters. The Morgan fingerprint density at radius 3 is 2.57 bits per heavy atom. The van der Waals surface area contributed by atoms with Gasteiger partial charge in [-0.15, -0.1) is 0 Å². The van der Waals surface area contributed by atoms with Crippen molar-refractivity contribution in [1.29, 1.82) is 0 Å². The number of nitrogens with two attached hydrogens (primary N) is 1. The summed E-state index contributed by atoms with van der Waals surface area (Å²) in [5, 5.41) is 0. The fraction of sp³-hybridized carbons (Fsp3) is 0.353. The van der Waals surface area contributed by atoms with Crippen molar-refractivity contribution in [2.75, 3.05) is 11.4 Å². The molecule has 1 atom stereocenters. The van der Waals surface area contributed by atoms with Crippen molar-refractivity contribution in [3.8, 4) is 0 Å². The van der Waals surface area contributed by atoms with Crippen LogP contribution in [0.25, 0.3) is 0 Å². The third-order valence-corrected chi connectivity index (χ3v) is 3.51. The SMILES string of the molecule is CCN(Cc1cccc(C)n1)c1c(F)cccc1[C@@H](C)N. The predicted molar refractivity (Wildman–Crippen MR) is 84.7 cm³/mol. The molecule has 0 bridgehead atoms. The summed E-state index contributed by atoms with van der Waals surface area (Å²) in [6.45, 7) is 7.09. The van der Waals surface area contributed by atoms with E-state index in [2.05, 4.69) is 4.98 Å². The lowest BCUT2D eigenvalue weighted by Crippen LogP contribution is -2.26. The van der Waals surface area contributed by atoms with Gasteiger partial charge in [-0.1, -0.05) is 18.2 Å². The van der Waals surface area contributed by atoms with Crippen LogP contribution in [-0.4, -0.2) is 11.5 Å². The summed E-state index contributed by atoms with van der Waals surface area (Å²) in [5.41, 5.74) is 9.28. The molecule has 0 aliphatic carbocycles. The highest BCUT2D eigenvalue weighted by Crippen LogP contribution is 2.29. The van der Waals surface area contributed by atoms with Crippen molar-refractivity contribution >= 4 is 5.69 Å². The second-order valence-corrected chi connectivity index (χ2v) is 5.25. The van der Waals surface area contributed by atoms with Crippen LogP contribution in [0.4, 0.5) is 10.1 Å². The van der Waals surface area contributed by atoms with Gasteiger partial charge < -0.3 is 10.6 Å². The topological polar surface area (TPSA) is 42.2 Å². The summed E-state index contributed by atoms with van der Waals surface area (Å²) in [6, 6.07) is 10.7. The summed E-state index contributed by atoms with van der Waals surface area (Å²) in [7, 11) is 0. The predicted octanol–water partition coefficient (Wildman–Crippen LogP) is 3.58. The molecular formula is C17H22FN3. The van der Waals surface area contributed by atoms with E-state index >= 15 is 0 Å². The summed E-state index contributed by atoms with van der Waals surface area (Å²) in [6.07, 6.45) is 0. The second-order valence-electron chi connectivity index (χ2n) is 5.25. The third-order valence-electron chi connectivity index (χ3n) is 3.51. The smallest absolute Gasteiger partial charge is 0.146 e. The average Bonchev–Trinajstić information content (AvgIpc) is 2.45. The monoisotopic (exact) mass is 287 g/mol. The number of hydrogen-bond acceptors (Lipinski definition) is 3. The standard InChI is InChI=1S/C17H22FN3/c1-4-21(11-14-8-5-7-12(2)20-14)17-15(13(3)19)9-6-10-16(17)18/h5-10,13H,4,11,19H2,1-3H3/t13-/m1/s1. The molecule has 1 aromatic carbocycles. The normalized spacial score (nSPS) is 12.2. The van der Waals surface area contributed by atoms with Crippen LogP contribution < -0.4 is 10.6 Å². The van der Waals surface area contributed by atoms with Crippen LogP contribution in [0, 0.1) is 12.7 Å². The van der Waals surface area contributed by atoms with Crippen molar-refractivity contribution in [1.82, 2.24) is 4.98 Å². The maximum Gasteiger partial charge on any atom is 0.146 e. The van der Waals surface area contributed by atoms with Crippen molar-refractivity contribution < 1.29 is 4.39 Å². The number of aryl methyl sites for hydroxylation is 1. The molecule has 4 heteroatoms. The number of rotatable bonds is 5. The fourth-order valence-corrected chi connectivity index (χ4v) is 2.47. The van der Waals surface area contributed by atoms with Crippen molar-refractivity contribution in [3.63, 3.8) is 0 Å². The van der Waals surface area contributed by atoms with Crippen LogP contribution in [0.3, 0.4) is 0 Å². The van der Waals surface area contributed by atoms with Crippen LogP contribution in [0.15, 0.2) is 36.4 Å². The van der Waals surface area contributed by atoms with E-state index in [1.807, 2.05) is 49.9 Å². The Hall–Kier alpha value is -1.94. The third kappa shape index (κ3) is 3.58. The highest BCUT2D eigenvalue weighted by molar-refractivity contribution is 5.56. The molecule has 112 valence electrons. The maximum atomic E-state index is 14.3. The Balaban J connectivity index is 2.38. The lowest BCUT2D eigenvalue weighted by Gasteiger charge is -2.27. The second kappa shape index (κ2) is 6.68. The first kappa shape index (κ1) is 15.4. The zero-order chi connectivity index (χ0) is 15.4. The molecule has 0 radical (unpaired) electrons. The molecule has 0 fully saturated rings. The Morgan fingerprint density at radius 2 is 1.95 bits per heavy atom. The number of benzene rings is 1. The fourth-order valence-electron chi connectivity index (χ4n) is 2.47. The van der Waals surface area contributed by atoms with Gasteiger partial charge in [0.05, 0.1) is 17.9 Å². The molecule has 0 aliphatic rings. The number of nitrogens with zero attached hydrogens (tertiary/aromatic N) is 2. The van der Waals surface area contributed by atoms with Gasteiger partial charge in [0.25, 0.3) is 0 Å². The van der Waals surface area contributed by atoms with E-state index in [-0.39, 0.29) is 11.9 Å². The lowest BCUT2D eigenvalue weighted by atomic mass is 10.0. The summed E-state index contributed by atoms with van der Waals surface area (Å²) >= 11 is 0. The Kier molecular flexibility index (Phi) is 4.91. The first-order chi connectivity index (χ1) is 10.0. The Labute approximate surface area is 125 Å². The van der Waals surface area contributed by atoms with E-state index in [9.17, 15) is 4.39 Å². The van der Waals surface area contributed by atoms with Gasteiger partial charge in [-0.3, -0.25) is 4.98 Å². The van der Waals surface area contributed by atoms with E-state index in [0.717, 1.165) is 17.0 Å². The van der Waals surface area contributed by atoms with Crippen LogP contribution in [0.2, 0.25) is 0 Å². The van der Waals surface area contributed by atoms with Crippen molar-refractivity contribution in [2.45, 2.75) is 33.4 Å². The van der Waals surface area contributed by atoms with Crippen LogP contribution >= 0.6 is 0 Å². The van der Waals surface area contributed by atoms with Crippen molar-refractivity contribution in [2.24, 2.45) is 5.73 Å². The molecule has 1 aromatic heterocycles. The van der Waals surface area contributed by atoms with Gasteiger partial charge in [0.1, 0.15) is 5.82 Å². The number of halogens is 1. The summed E-state index contributed by atoms with van der Waals surface area (Å²) in [4.78, 5) is 6.48. The van der Waals surface area contributed by atoms with E-state index in [1.54, 1.807) is 6.07 Å². The van der Waals surface area contributed by atoms with Gasteiger partial charge in [-0.2, -0.15) is 0 Å². The van der Waals surface area contributed by atoms with Gasteiger partial charge in [0.2, 0.25) is 0 Å². The lowest BCUT2D eigenvalue weighted by molar-refractivity contribution is 0.610. The zero-order valence-electron chi connectivity index (χ0n) is 12.8. The minimum atomic E-state index is -0.237. The molecule has 21 heavy (non-hydrogen) atoms. The number of aromatic nitrogens is 1. The van der Waals surface area contributed by atoms with E-state index in [4.69, 9.17) is 5.73 Å². The van der Waals surface area contributed by atoms with Crippen LogP contribution in [-0.2, 0) is 6.54 Å².